The maximum Gasteiger partial charge on any atom is 0.264 e. The minimum Gasteiger partial charge on any atom is -0.271 e. The molecule has 0 atom stereocenters. The van der Waals surface area contributed by atoms with E-state index in [1.54, 1.807) is 38.1 Å². The van der Waals surface area contributed by atoms with Crippen LogP contribution < -0.4 is 9.73 Å². The van der Waals surface area contributed by atoms with E-state index in [-0.39, 0.29) is 4.90 Å². The Kier molecular flexibility index (Phi) is 7.33. The van der Waals surface area contributed by atoms with E-state index < -0.39 is 22.5 Å². The number of carbonyl (C=O) groups is 1. The highest BCUT2D eigenvalue weighted by molar-refractivity contribution is 7.92. The number of hydrogen-bond donors (Lipinski definition) is 1. The molecule has 0 saturated carbocycles. The molecule has 8 heteroatoms. The Morgan fingerprint density at radius 3 is 2.31 bits per heavy atom. The number of hydrazone groups is 1. The maximum atomic E-state index is 13.5. The van der Waals surface area contributed by atoms with Crippen LogP contribution in [0.25, 0.3) is 0 Å². The molecule has 0 unspecified atom stereocenters. The zero-order chi connectivity index (χ0) is 23.3. The van der Waals surface area contributed by atoms with Gasteiger partial charge in [0.1, 0.15) is 6.54 Å². The Labute approximate surface area is 193 Å². The minimum absolute atomic E-state index is 0.0826. The van der Waals surface area contributed by atoms with Gasteiger partial charge in [-0.1, -0.05) is 65.7 Å². The second kappa shape index (κ2) is 9.97. The van der Waals surface area contributed by atoms with E-state index in [0.29, 0.717) is 22.0 Å². The third-order valence-electron chi connectivity index (χ3n) is 4.88. The molecule has 0 aliphatic heterocycles. The SMILES string of the molecule is C/C(=N/NC(=O)CN(c1cc(Cl)ccc1C)S(=O)(=O)c1ccc(C)cc1)c1ccccc1. The number of aryl methyl sites for hydroxylation is 2. The second-order valence-electron chi connectivity index (χ2n) is 7.35. The Morgan fingerprint density at radius 1 is 1.00 bits per heavy atom. The van der Waals surface area contributed by atoms with E-state index in [2.05, 4.69) is 10.5 Å². The van der Waals surface area contributed by atoms with Crippen molar-refractivity contribution in [1.82, 2.24) is 5.43 Å². The molecular weight excluding hydrogens is 446 g/mol. The first kappa shape index (κ1) is 23.5. The molecule has 6 nitrogen and oxygen atoms in total. The van der Waals surface area contributed by atoms with Crippen molar-refractivity contribution in [2.45, 2.75) is 25.7 Å². The van der Waals surface area contributed by atoms with Crippen LogP contribution in [0.15, 0.2) is 82.8 Å². The first-order valence-corrected chi connectivity index (χ1v) is 11.7. The lowest BCUT2D eigenvalue weighted by atomic mass is 10.1. The van der Waals surface area contributed by atoms with Crippen LogP contribution in [0.4, 0.5) is 5.69 Å². The van der Waals surface area contributed by atoms with E-state index in [1.165, 1.54) is 18.2 Å². The third-order valence-corrected chi connectivity index (χ3v) is 6.88. The molecule has 0 bridgehead atoms. The summed E-state index contributed by atoms with van der Waals surface area (Å²) in [6, 6.07) is 20.7. The molecule has 0 radical (unpaired) electrons. The Balaban J connectivity index is 1.93. The largest absolute Gasteiger partial charge is 0.271 e. The molecule has 3 rings (SSSR count). The summed E-state index contributed by atoms with van der Waals surface area (Å²) in [5.74, 6) is -0.574. The van der Waals surface area contributed by atoms with Gasteiger partial charge in [0.05, 0.1) is 16.3 Å². The Morgan fingerprint density at radius 2 is 1.66 bits per heavy atom. The lowest BCUT2D eigenvalue weighted by Gasteiger charge is -2.25. The van der Waals surface area contributed by atoms with Crippen LogP contribution in [0, 0.1) is 13.8 Å². The topological polar surface area (TPSA) is 78.8 Å². The predicted octanol–water partition coefficient (Wildman–Crippen LogP) is 4.69. The number of halogens is 1. The van der Waals surface area contributed by atoms with Gasteiger partial charge in [0.25, 0.3) is 15.9 Å². The molecule has 0 fully saturated rings. The lowest BCUT2D eigenvalue weighted by molar-refractivity contribution is -0.119. The van der Waals surface area contributed by atoms with Gasteiger partial charge < -0.3 is 0 Å². The molecule has 3 aromatic carbocycles. The molecule has 0 saturated heterocycles. The molecule has 1 amide bonds. The van der Waals surface area contributed by atoms with Crippen molar-refractivity contribution in [2.75, 3.05) is 10.8 Å². The number of amides is 1. The minimum atomic E-state index is -4.03. The molecule has 3 aromatic rings. The van der Waals surface area contributed by atoms with Gasteiger partial charge in [0.15, 0.2) is 0 Å². The standard InChI is InChI=1S/C24H24ClN3O3S/c1-17-9-13-22(14-10-17)32(30,31)28(23-15-21(25)12-11-18(23)2)16-24(29)27-26-19(3)20-7-5-4-6-8-20/h4-15H,16H2,1-3H3,(H,27,29)/b26-19-. The number of anilines is 1. The van der Waals surface area contributed by atoms with Crippen molar-refractivity contribution in [1.29, 1.82) is 0 Å². The zero-order valence-corrected chi connectivity index (χ0v) is 19.6. The number of carbonyl (C=O) groups excluding carboxylic acids is 1. The second-order valence-corrected chi connectivity index (χ2v) is 9.65. The lowest BCUT2D eigenvalue weighted by Crippen LogP contribution is -2.40. The summed E-state index contributed by atoms with van der Waals surface area (Å²) in [7, 11) is -4.03. The van der Waals surface area contributed by atoms with Crippen molar-refractivity contribution < 1.29 is 13.2 Å². The van der Waals surface area contributed by atoms with Crippen LogP contribution in [0.3, 0.4) is 0 Å². The number of rotatable bonds is 7. The van der Waals surface area contributed by atoms with Crippen LogP contribution in [0.2, 0.25) is 5.02 Å². The quantitative estimate of drug-likeness (QED) is 0.402. The number of sulfonamides is 1. The molecule has 0 spiro atoms. The van der Waals surface area contributed by atoms with Crippen LogP contribution in [-0.4, -0.2) is 26.6 Å². The van der Waals surface area contributed by atoms with Crippen LogP contribution in [0.5, 0.6) is 0 Å². The normalized spacial score (nSPS) is 11.8. The Bertz CT molecular complexity index is 1240. The summed E-state index contributed by atoms with van der Waals surface area (Å²) in [6.07, 6.45) is 0. The van der Waals surface area contributed by atoms with Gasteiger partial charge in [0.2, 0.25) is 0 Å². The number of benzene rings is 3. The summed E-state index contributed by atoms with van der Waals surface area (Å²) in [5.41, 5.74) is 5.84. The molecule has 32 heavy (non-hydrogen) atoms. The predicted molar refractivity (Wildman–Crippen MR) is 129 cm³/mol. The van der Waals surface area contributed by atoms with Crippen molar-refractivity contribution >= 4 is 38.9 Å². The summed E-state index contributed by atoms with van der Waals surface area (Å²) in [6.45, 7) is 4.94. The average molecular weight is 470 g/mol. The molecular formula is C24H24ClN3O3S. The van der Waals surface area contributed by atoms with Crippen molar-refractivity contribution in [3.05, 3.63) is 94.5 Å². The van der Waals surface area contributed by atoms with Gasteiger partial charge in [0, 0.05) is 5.02 Å². The van der Waals surface area contributed by atoms with Gasteiger partial charge in [-0.3, -0.25) is 9.10 Å². The molecule has 166 valence electrons. The van der Waals surface area contributed by atoms with E-state index >= 15 is 0 Å². The fourth-order valence-electron chi connectivity index (χ4n) is 3.04. The smallest absolute Gasteiger partial charge is 0.264 e. The van der Waals surface area contributed by atoms with Gasteiger partial charge in [-0.05, 0) is 56.2 Å². The number of nitrogens with one attached hydrogen (secondary N) is 1. The molecule has 1 N–H and O–H groups in total. The molecule has 0 aliphatic carbocycles. The number of hydrogen-bond acceptors (Lipinski definition) is 4. The fourth-order valence-corrected chi connectivity index (χ4v) is 4.69. The fraction of sp³-hybridized carbons (Fsp3) is 0.167. The monoisotopic (exact) mass is 469 g/mol. The van der Waals surface area contributed by atoms with Gasteiger partial charge >= 0.3 is 0 Å². The van der Waals surface area contributed by atoms with E-state index in [9.17, 15) is 13.2 Å². The first-order valence-electron chi connectivity index (χ1n) is 9.92. The van der Waals surface area contributed by atoms with Crippen LogP contribution in [0.1, 0.15) is 23.6 Å². The summed E-state index contributed by atoms with van der Waals surface area (Å²) in [4.78, 5) is 12.8. The molecule has 0 aromatic heterocycles. The first-order chi connectivity index (χ1) is 15.2. The summed E-state index contributed by atoms with van der Waals surface area (Å²) in [5, 5.41) is 4.49. The van der Waals surface area contributed by atoms with E-state index in [1.807, 2.05) is 37.3 Å². The van der Waals surface area contributed by atoms with Gasteiger partial charge in [-0.2, -0.15) is 5.10 Å². The van der Waals surface area contributed by atoms with Crippen LogP contribution >= 0.6 is 11.6 Å². The van der Waals surface area contributed by atoms with Gasteiger partial charge in [-0.15, -0.1) is 0 Å². The van der Waals surface area contributed by atoms with E-state index in [0.717, 1.165) is 15.4 Å². The highest BCUT2D eigenvalue weighted by Crippen LogP contribution is 2.29. The van der Waals surface area contributed by atoms with Crippen LogP contribution in [-0.2, 0) is 14.8 Å². The summed E-state index contributed by atoms with van der Waals surface area (Å²) >= 11 is 6.14. The number of nitrogens with zero attached hydrogens (tertiary/aromatic N) is 2. The van der Waals surface area contributed by atoms with Crippen molar-refractivity contribution in [3.63, 3.8) is 0 Å². The molecule has 0 heterocycles. The highest BCUT2D eigenvalue weighted by Gasteiger charge is 2.28. The average Bonchev–Trinajstić information content (AvgIpc) is 2.78. The van der Waals surface area contributed by atoms with Crippen molar-refractivity contribution in [3.8, 4) is 0 Å². The Hall–Kier alpha value is -3.16. The third kappa shape index (κ3) is 5.55. The highest BCUT2D eigenvalue weighted by atomic mass is 35.5. The van der Waals surface area contributed by atoms with Gasteiger partial charge in [-0.25, -0.2) is 13.8 Å². The summed E-state index contributed by atoms with van der Waals surface area (Å²) < 4.78 is 28.0. The van der Waals surface area contributed by atoms with E-state index in [4.69, 9.17) is 11.6 Å². The van der Waals surface area contributed by atoms with Crippen molar-refractivity contribution in [2.24, 2.45) is 5.10 Å². The maximum absolute atomic E-state index is 13.5. The zero-order valence-electron chi connectivity index (χ0n) is 18.0. The molecule has 0 aliphatic rings.